The summed E-state index contributed by atoms with van der Waals surface area (Å²) in [5.41, 5.74) is 25.2. The van der Waals surface area contributed by atoms with Crippen molar-refractivity contribution < 1.29 is 4.74 Å². The summed E-state index contributed by atoms with van der Waals surface area (Å²) in [7, 11) is 0. The normalized spacial score (nSPS) is 12.4. The molecule has 2 aliphatic heterocycles. The Balaban J connectivity index is 0.909. The molecule has 0 amide bonds. The smallest absolute Gasteiger partial charge is 0.256 e. The molecule has 17 rings (SSSR count). The topological polar surface area (TPSA) is 22.3 Å². The molecule has 0 saturated heterocycles. The molecule has 0 spiro atoms. The standard InChI is InChI=1S/C78H50BN3O/c1-6-21-51(22-7-1)58-48-74-77-76(50-58)83-75-49-57(55-40-44-72-66(46-55)64-32-17-19-36-70(64)81(72)60-29-14-5-15-30-60)38-42-68(75)79(77)67-41-37-56(54-39-43-71-65(45-54)63-31-16-18-35-69(63)80(71)59-27-12-4-13-28-59)47-73(67)82(74)78-61(52-23-8-2-9-24-52)33-20-34-62(78)53-25-10-3-11-26-53/h1-50H. The Morgan fingerprint density at radius 2 is 0.687 bits per heavy atom. The third kappa shape index (κ3) is 7.48. The number of hydrogen-bond donors (Lipinski definition) is 0. The zero-order valence-corrected chi connectivity index (χ0v) is 45.2. The van der Waals surface area contributed by atoms with Gasteiger partial charge in [0.1, 0.15) is 11.5 Å². The molecule has 0 aliphatic carbocycles. The molecule has 0 bridgehead atoms. The number of hydrogen-bond acceptors (Lipinski definition) is 2. The summed E-state index contributed by atoms with van der Waals surface area (Å²) < 4.78 is 12.2. The van der Waals surface area contributed by atoms with Gasteiger partial charge in [0.05, 0.1) is 27.8 Å². The van der Waals surface area contributed by atoms with Gasteiger partial charge >= 0.3 is 0 Å². The second kappa shape index (κ2) is 18.9. The van der Waals surface area contributed by atoms with Crippen LogP contribution < -0.4 is 26.0 Å². The molecule has 4 nitrogen and oxygen atoms in total. The van der Waals surface area contributed by atoms with Crippen molar-refractivity contribution in [3.63, 3.8) is 0 Å². The summed E-state index contributed by atoms with van der Waals surface area (Å²) in [6.07, 6.45) is 0. The van der Waals surface area contributed by atoms with Gasteiger partial charge in [-0.05, 0) is 146 Å². The maximum Gasteiger partial charge on any atom is 0.256 e. The van der Waals surface area contributed by atoms with Crippen LogP contribution in [0.2, 0.25) is 0 Å². The number of aromatic nitrogens is 2. The Labute approximate surface area is 481 Å². The molecule has 0 saturated carbocycles. The predicted octanol–water partition coefficient (Wildman–Crippen LogP) is 18.6. The monoisotopic (exact) mass is 1060 g/mol. The van der Waals surface area contributed by atoms with Crippen molar-refractivity contribution in [3.05, 3.63) is 303 Å². The third-order valence-corrected chi connectivity index (χ3v) is 17.4. The van der Waals surface area contributed by atoms with Crippen LogP contribution in [-0.2, 0) is 0 Å². The van der Waals surface area contributed by atoms with Gasteiger partial charge in [-0.1, -0.05) is 218 Å². The Bertz CT molecular complexity index is 4990. The van der Waals surface area contributed by atoms with Crippen LogP contribution in [0, 0.1) is 0 Å². The molecule has 386 valence electrons. The summed E-state index contributed by atoms with van der Waals surface area (Å²) in [6.45, 7) is -0.148. The van der Waals surface area contributed by atoms with Gasteiger partial charge in [0.25, 0.3) is 6.71 Å². The second-order valence-electron chi connectivity index (χ2n) is 21.9. The van der Waals surface area contributed by atoms with E-state index in [2.05, 4.69) is 317 Å². The first-order chi connectivity index (χ1) is 41.2. The Morgan fingerprint density at radius 3 is 1.24 bits per heavy atom. The van der Waals surface area contributed by atoms with Crippen LogP contribution in [0.25, 0.3) is 111 Å². The van der Waals surface area contributed by atoms with E-state index in [4.69, 9.17) is 4.74 Å². The largest absolute Gasteiger partial charge is 0.458 e. The molecule has 13 aromatic carbocycles. The van der Waals surface area contributed by atoms with E-state index in [1.54, 1.807) is 0 Å². The summed E-state index contributed by atoms with van der Waals surface area (Å²) in [6, 6.07) is 111. The van der Waals surface area contributed by atoms with Crippen molar-refractivity contribution >= 4 is 83.8 Å². The average Bonchev–Trinajstić information content (AvgIpc) is 2.82. The summed E-state index contributed by atoms with van der Waals surface area (Å²) in [5.74, 6) is 1.72. The van der Waals surface area contributed by atoms with E-state index in [0.717, 1.165) is 106 Å². The lowest BCUT2D eigenvalue weighted by molar-refractivity contribution is 0.488. The first-order valence-electron chi connectivity index (χ1n) is 28.6. The Hall–Kier alpha value is -10.9. The van der Waals surface area contributed by atoms with Gasteiger partial charge in [-0.25, -0.2) is 0 Å². The fraction of sp³-hybridized carbons (Fsp3) is 0. The highest BCUT2D eigenvalue weighted by molar-refractivity contribution is 6.99. The molecule has 2 aliphatic rings. The van der Waals surface area contributed by atoms with Crippen molar-refractivity contribution in [2.24, 2.45) is 0 Å². The van der Waals surface area contributed by atoms with E-state index < -0.39 is 0 Å². The summed E-state index contributed by atoms with van der Waals surface area (Å²) in [4.78, 5) is 2.58. The molecule has 0 atom stereocenters. The molecule has 0 unspecified atom stereocenters. The molecule has 2 aromatic heterocycles. The summed E-state index contributed by atoms with van der Waals surface area (Å²) in [5, 5.41) is 4.88. The minimum atomic E-state index is -0.148. The highest BCUT2D eigenvalue weighted by Crippen LogP contribution is 2.51. The lowest BCUT2D eigenvalue weighted by Crippen LogP contribution is -2.59. The quantitative estimate of drug-likeness (QED) is 0.142. The van der Waals surface area contributed by atoms with Crippen molar-refractivity contribution in [2.75, 3.05) is 4.90 Å². The number of anilines is 3. The molecule has 5 heteroatoms. The van der Waals surface area contributed by atoms with Gasteiger partial charge in [-0.2, -0.15) is 0 Å². The van der Waals surface area contributed by atoms with Crippen molar-refractivity contribution in [1.82, 2.24) is 9.13 Å². The van der Waals surface area contributed by atoms with Crippen LogP contribution in [0.4, 0.5) is 17.1 Å². The third-order valence-electron chi connectivity index (χ3n) is 17.4. The van der Waals surface area contributed by atoms with E-state index in [1.807, 2.05) is 0 Å². The summed E-state index contributed by atoms with van der Waals surface area (Å²) >= 11 is 0. The lowest BCUT2D eigenvalue weighted by Gasteiger charge is -2.42. The zero-order valence-electron chi connectivity index (χ0n) is 45.2. The van der Waals surface area contributed by atoms with Crippen LogP contribution in [0.3, 0.4) is 0 Å². The van der Waals surface area contributed by atoms with Crippen LogP contribution in [-0.4, -0.2) is 15.8 Å². The van der Waals surface area contributed by atoms with Crippen molar-refractivity contribution in [3.8, 4) is 78.5 Å². The van der Waals surface area contributed by atoms with E-state index in [0.29, 0.717) is 0 Å². The number of ether oxygens (including phenoxy) is 1. The number of nitrogens with zero attached hydrogens (tertiary/aromatic N) is 3. The zero-order chi connectivity index (χ0) is 54.5. The van der Waals surface area contributed by atoms with Crippen LogP contribution >= 0.6 is 0 Å². The second-order valence-corrected chi connectivity index (χ2v) is 21.9. The van der Waals surface area contributed by atoms with E-state index in [-0.39, 0.29) is 6.71 Å². The number of benzene rings is 13. The van der Waals surface area contributed by atoms with Gasteiger partial charge < -0.3 is 18.8 Å². The Kier molecular flexibility index (Phi) is 10.7. The highest BCUT2D eigenvalue weighted by Gasteiger charge is 2.43. The molecule has 0 radical (unpaired) electrons. The highest BCUT2D eigenvalue weighted by atomic mass is 16.5. The molecule has 83 heavy (non-hydrogen) atoms. The number of para-hydroxylation sites is 5. The van der Waals surface area contributed by atoms with Crippen LogP contribution in [0.1, 0.15) is 0 Å². The first-order valence-corrected chi connectivity index (χ1v) is 28.6. The average molecular weight is 1060 g/mol. The minimum Gasteiger partial charge on any atom is -0.458 e. The fourth-order valence-electron chi connectivity index (χ4n) is 13.6. The van der Waals surface area contributed by atoms with Crippen molar-refractivity contribution in [2.45, 2.75) is 0 Å². The molecule has 0 N–H and O–H groups in total. The maximum absolute atomic E-state index is 7.47. The van der Waals surface area contributed by atoms with Crippen LogP contribution in [0.15, 0.2) is 303 Å². The molecule has 4 heterocycles. The van der Waals surface area contributed by atoms with E-state index >= 15 is 0 Å². The van der Waals surface area contributed by atoms with E-state index in [9.17, 15) is 0 Å². The van der Waals surface area contributed by atoms with Crippen molar-refractivity contribution in [1.29, 1.82) is 0 Å². The predicted molar refractivity (Wildman–Crippen MR) is 348 cm³/mol. The molecular weight excluding hydrogens is 1010 g/mol. The SMILES string of the molecule is c1ccc(-c2cc3c4c(c2)N(c2c(-c5ccccc5)cccc2-c2ccccc2)c2cc(-c5ccc6c(c5)c5ccccc5n6-c5ccccc5)ccc2B4c2ccc(-c4ccc5c(c4)c4ccccc4n5-c4ccccc4)cc2O3)cc1. The molecule has 0 fully saturated rings. The van der Waals surface area contributed by atoms with Gasteiger partial charge in [-0.3, -0.25) is 0 Å². The van der Waals surface area contributed by atoms with Gasteiger partial charge in [0, 0.05) is 55.4 Å². The fourth-order valence-corrected chi connectivity index (χ4v) is 13.6. The van der Waals surface area contributed by atoms with Gasteiger partial charge in [-0.15, -0.1) is 0 Å². The first kappa shape index (κ1) is 47.0. The maximum atomic E-state index is 7.47. The van der Waals surface area contributed by atoms with E-state index in [1.165, 1.54) is 49.1 Å². The minimum absolute atomic E-state index is 0.148. The van der Waals surface area contributed by atoms with Gasteiger partial charge in [0.15, 0.2) is 0 Å². The van der Waals surface area contributed by atoms with Crippen LogP contribution in [0.5, 0.6) is 11.5 Å². The number of rotatable bonds is 8. The van der Waals surface area contributed by atoms with Gasteiger partial charge in [0.2, 0.25) is 0 Å². The Morgan fingerprint density at radius 1 is 0.265 bits per heavy atom. The molecule has 15 aromatic rings. The lowest BCUT2D eigenvalue weighted by atomic mass is 9.34. The number of fused-ring (bicyclic) bond motifs is 10. The molecular formula is C78H50BN3O.